The normalized spacial score (nSPS) is 17.7. The Labute approximate surface area is 152 Å². The molecule has 0 unspecified atom stereocenters. The Balaban J connectivity index is 1.90. The van der Waals surface area contributed by atoms with Gasteiger partial charge in [-0.1, -0.05) is 0 Å². The van der Waals surface area contributed by atoms with E-state index >= 15 is 0 Å². The van der Waals surface area contributed by atoms with E-state index in [1.807, 2.05) is 0 Å². The largest absolute Gasteiger partial charge is 0.497 e. The number of methoxy groups -OCH3 is 2. The van der Waals surface area contributed by atoms with Gasteiger partial charge in [0, 0.05) is 32.3 Å². The highest BCUT2D eigenvalue weighted by Crippen LogP contribution is 2.26. The van der Waals surface area contributed by atoms with E-state index in [0.29, 0.717) is 18.9 Å². The zero-order valence-corrected chi connectivity index (χ0v) is 15.3. The van der Waals surface area contributed by atoms with Gasteiger partial charge in [0.05, 0.1) is 19.6 Å². The molecule has 1 saturated heterocycles. The molecule has 1 fully saturated rings. The summed E-state index contributed by atoms with van der Waals surface area (Å²) in [7, 11) is 3.12. The minimum Gasteiger partial charge on any atom is -0.497 e. The topological polar surface area (TPSA) is 97.0 Å². The molecule has 0 aromatic heterocycles. The van der Waals surface area contributed by atoms with Gasteiger partial charge in [0.1, 0.15) is 11.8 Å². The van der Waals surface area contributed by atoms with Crippen molar-refractivity contribution < 1.29 is 23.9 Å². The van der Waals surface area contributed by atoms with Crippen LogP contribution in [0.5, 0.6) is 5.75 Å². The van der Waals surface area contributed by atoms with Gasteiger partial charge in [-0.2, -0.15) is 0 Å². The number of rotatable bonds is 8. The highest BCUT2D eigenvalue weighted by atomic mass is 16.5. The molecule has 1 aromatic carbocycles. The number of nitrogens with one attached hydrogen (secondary N) is 2. The van der Waals surface area contributed by atoms with Gasteiger partial charge < -0.3 is 25.0 Å². The van der Waals surface area contributed by atoms with E-state index in [4.69, 9.17) is 9.47 Å². The Hall–Kier alpha value is -2.61. The predicted molar refractivity (Wildman–Crippen MR) is 95.9 cm³/mol. The van der Waals surface area contributed by atoms with Crippen molar-refractivity contribution >= 4 is 23.4 Å². The third-order valence-corrected chi connectivity index (χ3v) is 4.24. The van der Waals surface area contributed by atoms with Crippen LogP contribution in [0, 0.1) is 5.92 Å². The van der Waals surface area contributed by atoms with Crippen LogP contribution in [0.15, 0.2) is 24.3 Å². The second kappa shape index (κ2) is 9.19. The molecule has 0 saturated carbocycles. The van der Waals surface area contributed by atoms with Gasteiger partial charge in [-0.3, -0.25) is 14.4 Å². The summed E-state index contributed by atoms with van der Waals surface area (Å²) in [6, 6.07) is 6.42. The summed E-state index contributed by atoms with van der Waals surface area (Å²) >= 11 is 0. The van der Waals surface area contributed by atoms with Crippen molar-refractivity contribution in [2.45, 2.75) is 19.4 Å². The fourth-order valence-electron chi connectivity index (χ4n) is 2.72. The molecule has 1 aliphatic rings. The minimum atomic E-state index is -0.676. The van der Waals surface area contributed by atoms with Crippen LogP contribution in [-0.2, 0) is 19.1 Å². The third kappa shape index (κ3) is 4.95. The monoisotopic (exact) mass is 363 g/mol. The first-order valence-corrected chi connectivity index (χ1v) is 8.47. The number of benzene rings is 1. The molecule has 1 aliphatic heterocycles. The smallest absolute Gasteiger partial charge is 0.242 e. The maximum atomic E-state index is 12.4. The van der Waals surface area contributed by atoms with Crippen LogP contribution in [0.25, 0.3) is 0 Å². The molecular formula is C18H25N3O5. The Morgan fingerprint density at radius 3 is 2.58 bits per heavy atom. The third-order valence-electron chi connectivity index (χ3n) is 4.24. The molecule has 0 aliphatic carbocycles. The van der Waals surface area contributed by atoms with Gasteiger partial charge in [0.25, 0.3) is 0 Å². The first-order valence-electron chi connectivity index (χ1n) is 8.47. The summed E-state index contributed by atoms with van der Waals surface area (Å²) in [6.45, 7) is 2.68. The van der Waals surface area contributed by atoms with Crippen LogP contribution < -0.4 is 20.3 Å². The summed E-state index contributed by atoms with van der Waals surface area (Å²) in [4.78, 5) is 38.1. The SMILES string of the molecule is COCCNC(=O)[C@H](C)NC(=O)[C@@H]1CC(=O)N(c2ccc(OC)cc2)C1. The molecule has 0 bridgehead atoms. The summed E-state index contributed by atoms with van der Waals surface area (Å²) in [5.41, 5.74) is 0.719. The van der Waals surface area contributed by atoms with Crippen molar-refractivity contribution in [2.75, 3.05) is 38.8 Å². The molecule has 142 valence electrons. The lowest BCUT2D eigenvalue weighted by Gasteiger charge is -2.18. The van der Waals surface area contributed by atoms with Gasteiger partial charge in [-0.15, -0.1) is 0 Å². The number of hydrogen-bond donors (Lipinski definition) is 2. The molecule has 0 radical (unpaired) electrons. The van der Waals surface area contributed by atoms with Crippen molar-refractivity contribution in [3.05, 3.63) is 24.3 Å². The Kier molecular flexibility index (Phi) is 6.97. The number of anilines is 1. The average Bonchev–Trinajstić information content (AvgIpc) is 3.03. The molecule has 2 atom stereocenters. The summed E-state index contributed by atoms with van der Waals surface area (Å²) < 4.78 is 9.97. The van der Waals surface area contributed by atoms with Gasteiger partial charge in [-0.05, 0) is 31.2 Å². The number of carbonyl (C=O) groups excluding carboxylic acids is 3. The van der Waals surface area contributed by atoms with E-state index in [0.717, 1.165) is 5.69 Å². The minimum absolute atomic E-state index is 0.118. The molecule has 8 nitrogen and oxygen atoms in total. The molecule has 1 aromatic rings. The lowest BCUT2D eigenvalue weighted by molar-refractivity contribution is -0.131. The van der Waals surface area contributed by atoms with Crippen LogP contribution in [0.1, 0.15) is 13.3 Å². The van der Waals surface area contributed by atoms with Crippen LogP contribution in [-0.4, -0.2) is 57.7 Å². The van der Waals surface area contributed by atoms with Crippen LogP contribution in [0.4, 0.5) is 5.69 Å². The molecular weight excluding hydrogens is 338 g/mol. The molecule has 3 amide bonds. The number of nitrogens with zero attached hydrogens (tertiary/aromatic N) is 1. The number of carbonyl (C=O) groups is 3. The molecule has 8 heteroatoms. The van der Waals surface area contributed by atoms with Crippen LogP contribution in [0.3, 0.4) is 0 Å². The van der Waals surface area contributed by atoms with Crippen molar-refractivity contribution in [1.29, 1.82) is 0 Å². The Bertz CT molecular complexity index is 647. The zero-order valence-electron chi connectivity index (χ0n) is 15.3. The van der Waals surface area contributed by atoms with Gasteiger partial charge in [0.2, 0.25) is 17.7 Å². The Morgan fingerprint density at radius 1 is 1.27 bits per heavy atom. The fourth-order valence-corrected chi connectivity index (χ4v) is 2.72. The molecule has 2 rings (SSSR count). The first-order chi connectivity index (χ1) is 12.5. The van der Waals surface area contributed by atoms with Crippen molar-refractivity contribution in [2.24, 2.45) is 5.92 Å². The second-order valence-electron chi connectivity index (χ2n) is 6.12. The van der Waals surface area contributed by atoms with Crippen molar-refractivity contribution in [3.8, 4) is 5.75 Å². The summed E-state index contributed by atoms with van der Waals surface area (Å²) in [5, 5.41) is 5.33. The molecule has 26 heavy (non-hydrogen) atoms. The fraction of sp³-hybridized carbons (Fsp3) is 0.500. The van der Waals surface area contributed by atoms with E-state index in [9.17, 15) is 14.4 Å². The first kappa shape index (κ1) is 19.7. The van der Waals surface area contributed by atoms with E-state index in [1.165, 1.54) is 0 Å². The Morgan fingerprint density at radius 2 is 1.96 bits per heavy atom. The lowest BCUT2D eigenvalue weighted by atomic mass is 10.1. The van der Waals surface area contributed by atoms with Crippen molar-refractivity contribution in [3.63, 3.8) is 0 Å². The van der Waals surface area contributed by atoms with Gasteiger partial charge in [-0.25, -0.2) is 0 Å². The summed E-state index contributed by atoms with van der Waals surface area (Å²) in [6.07, 6.45) is 0.121. The second-order valence-corrected chi connectivity index (χ2v) is 6.12. The van der Waals surface area contributed by atoms with Gasteiger partial charge in [0.15, 0.2) is 0 Å². The lowest BCUT2D eigenvalue weighted by Crippen LogP contribution is -2.47. The average molecular weight is 363 g/mol. The summed E-state index contributed by atoms with van der Waals surface area (Å²) in [5.74, 6) is -0.496. The van der Waals surface area contributed by atoms with E-state index in [2.05, 4.69) is 10.6 Å². The highest BCUT2D eigenvalue weighted by molar-refractivity contribution is 6.01. The van der Waals surface area contributed by atoms with E-state index < -0.39 is 12.0 Å². The molecule has 2 N–H and O–H groups in total. The predicted octanol–water partition coefficient (Wildman–Crippen LogP) is 0.315. The number of hydrogen-bond acceptors (Lipinski definition) is 5. The zero-order chi connectivity index (χ0) is 19.1. The van der Waals surface area contributed by atoms with E-state index in [1.54, 1.807) is 50.3 Å². The van der Waals surface area contributed by atoms with Crippen LogP contribution in [0.2, 0.25) is 0 Å². The molecule has 1 heterocycles. The van der Waals surface area contributed by atoms with Gasteiger partial charge >= 0.3 is 0 Å². The highest BCUT2D eigenvalue weighted by Gasteiger charge is 2.36. The van der Waals surface area contributed by atoms with Crippen molar-refractivity contribution in [1.82, 2.24) is 10.6 Å². The molecule has 0 spiro atoms. The van der Waals surface area contributed by atoms with Crippen LogP contribution >= 0.6 is 0 Å². The quantitative estimate of drug-likeness (QED) is 0.648. The maximum absolute atomic E-state index is 12.4. The van der Waals surface area contributed by atoms with E-state index in [-0.39, 0.29) is 30.7 Å². The number of amides is 3. The maximum Gasteiger partial charge on any atom is 0.242 e. The number of ether oxygens (including phenoxy) is 2. The standard InChI is InChI=1S/C18H25N3O5/c1-12(17(23)19-8-9-25-2)20-18(24)13-10-16(22)21(11-13)14-4-6-15(26-3)7-5-14/h4-7,12-13H,8-11H2,1-3H3,(H,19,23)(H,20,24)/t12-,13+/m0/s1.